The lowest BCUT2D eigenvalue weighted by molar-refractivity contribution is -0.121. The monoisotopic (exact) mass is 427 g/mol. The van der Waals surface area contributed by atoms with Crippen LogP contribution in [0.3, 0.4) is 0 Å². The first-order valence-electron chi connectivity index (χ1n) is 10.6. The van der Waals surface area contributed by atoms with Gasteiger partial charge in [-0.15, -0.1) is 0 Å². The van der Waals surface area contributed by atoms with Gasteiger partial charge in [-0.3, -0.25) is 14.6 Å². The van der Waals surface area contributed by atoms with Gasteiger partial charge in [-0.05, 0) is 31.2 Å². The van der Waals surface area contributed by atoms with E-state index in [1.165, 1.54) is 38.4 Å². The van der Waals surface area contributed by atoms with Crippen molar-refractivity contribution in [3.05, 3.63) is 46.4 Å². The Morgan fingerprint density at radius 2 is 2.13 bits per heavy atom. The highest BCUT2D eigenvalue weighted by atomic mass is 35.5. The third-order valence-corrected chi connectivity index (χ3v) is 6.22. The number of aromatic amines is 1. The molecule has 3 aromatic rings. The summed E-state index contributed by atoms with van der Waals surface area (Å²) in [6.45, 7) is 1.22. The summed E-state index contributed by atoms with van der Waals surface area (Å²) in [5.41, 5.74) is 2.20. The van der Waals surface area contributed by atoms with Crippen LogP contribution < -0.4 is 10.9 Å². The van der Waals surface area contributed by atoms with Crippen LogP contribution in [0.25, 0.3) is 22.2 Å². The van der Waals surface area contributed by atoms with Gasteiger partial charge >= 0.3 is 0 Å². The predicted molar refractivity (Wildman–Crippen MR) is 117 cm³/mol. The summed E-state index contributed by atoms with van der Waals surface area (Å²) in [6.07, 6.45) is 12.0. The summed E-state index contributed by atoms with van der Waals surface area (Å²) in [4.78, 5) is 35.9. The molecule has 0 atom stereocenters. The zero-order valence-electron chi connectivity index (χ0n) is 16.9. The molecule has 8 heteroatoms. The Kier molecular flexibility index (Phi) is 6.47. The number of fused-ring (bicyclic) bond motifs is 1. The minimum atomic E-state index is -0.251. The van der Waals surface area contributed by atoms with Gasteiger partial charge in [0, 0.05) is 43.0 Å². The molecule has 1 amide bonds. The van der Waals surface area contributed by atoms with E-state index in [1.807, 2.05) is 12.1 Å². The molecule has 0 radical (unpaired) electrons. The van der Waals surface area contributed by atoms with Crippen molar-refractivity contribution in [2.45, 2.75) is 51.5 Å². The molecule has 7 nitrogen and oxygen atoms in total. The summed E-state index contributed by atoms with van der Waals surface area (Å²) in [6, 6.07) is 3.71. The Hall–Kier alpha value is -2.67. The fraction of sp³-hybridized carbons (Fsp3) is 0.455. The molecule has 0 saturated heterocycles. The van der Waals surface area contributed by atoms with Crippen LogP contribution in [-0.4, -0.2) is 32.0 Å². The van der Waals surface area contributed by atoms with Gasteiger partial charge in [0.15, 0.2) is 0 Å². The Labute approximate surface area is 179 Å². The Balaban J connectivity index is 1.47. The molecular weight excluding hydrogens is 402 g/mol. The van der Waals surface area contributed by atoms with Crippen LogP contribution in [0.1, 0.15) is 44.9 Å². The first kappa shape index (κ1) is 20.6. The molecule has 3 heterocycles. The Morgan fingerprint density at radius 3 is 2.90 bits per heavy atom. The van der Waals surface area contributed by atoms with Crippen LogP contribution in [-0.2, 0) is 11.3 Å². The number of amides is 1. The van der Waals surface area contributed by atoms with Crippen molar-refractivity contribution in [3.63, 3.8) is 0 Å². The zero-order chi connectivity index (χ0) is 20.9. The maximum atomic E-state index is 12.5. The highest BCUT2D eigenvalue weighted by Crippen LogP contribution is 2.35. The minimum Gasteiger partial charge on any atom is -0.356 e. The number of pyridine rings is 1. The van der Waals surface area contributed by atoms with Crippen molar-refractivity contribution in [1.82, 2.24) is 24.8 Å². The molecule has 0 spiro atoms. The molecule has 1 aliphatic rings. The van der Waals surface area contributed by atoms with E-state index in [0.717, 1.165) is 12.1 Å². The summed E-state index contributed by atoms with van der Waals surface area (Å²) < 4.78 is 1.75. The number of rotatable bonds is 7. The first-order chi connectivity index (χ1) is 14.6. The van der Waals surface area contributed by atoms with Crippen LogP contribution in [0.5, 0.6) is 0 Å². The maximum absolute atomic E-state index is 12.5. The number of hydrogen-bond donors (Lipinski definition) is 2. The number of halogens is 1. The second kappa shape index (κ2) is 9.43. The van der Waals surface area contributed by atoms with Crippen molar-refractivity contribution in [2.75, 3.05) is 6.54 Å². The standard InChI is InChI=1S/C22H26ClN5O2/c23-21-18(16-8-4-10-24-13-16)19-20(22(30)27-14-26-19)28(21)11-5-9-17(29)25-12-15-6-2-1-3-7-15/h4,8,10,13-15H,1-3,5-7,9,11-12H2,(H,25,29)(H,26,27,30). The summed E-state index contributed by atoms with van der Waals surface area (Å²) >= 11 is 6.68. The summed E-state index contributed by atoms with van der Waals surface area (Å²) in [5, 5.41) is 3.50. The third-order valence-electron chi connectivity index (χ3n) is 5.83. The van der Waals surface area contributed by atoms with Gasteiger partial charge in [0.25, 0.3) is 5.56 Å². The predicted octanol–water partition coefficient (Wildman–Crippen LogP) is 3.92. The number of aryl methyl sites for hydroxylation is 1. The van der Waals surface area contributed by atoms with E-state index in [0.29, 0.717) is 47.1 Å². The van der Waals surface area contributed by atoms with Crippen LogP contribution in [0.15, 0.2) is 35.6 Å². The lowest BCUT2D eigenvalue weighted by Gasteiger charge is -2.21. The Morgan fingerprint density at radius 1 is 1.30 bits per heavy atom. The molecule has 0 aliphatic heterocycles. The Bertz CT molecular complexity index is 1070. The molecule has 2 N–H and O–H groups in total. The van der Waals surface area contributed by atoms with Crippen LogP contribution in [0.2, 0.25) is 5.15 Å². The summed E-state index contributed by atoms with van der Waals surface area (Å²) in [5.74, 6) is 0.657. The van der Waals surface area contributed by atoms with Gasteiger partial charge in [0.1, 0.15) is 16.2 Å². The number of hydrogen-bond acceptors (Lipinski definition) is 4. The fourth-order valence-electron chi connectivity index (χ4n) is 4.27. The average Bonchev–Trinajstić information content (AvgIpc) is 3.06. The van der Waals surface area contributed by atoms with Gasteiger partial charge in [-0.2, -0.15) is 0 Å². The molecular formula is C22H26ClN5O2. The third kappa shape index (κ3) is 4.41. The van der Waals surface area contributed by atoms with Crippen LogP contribution in [0, 0.1) is 5.92 Å². The molecule has 0 unspecified atom stereocenters. The van der Waals surface area contributed by atoms with Crippen molar-refractivity contribution in [1.29, 1.82) is 0 Å². The van der Waals surface area contributed by atoms with Crippen molar-refractivity contribution in [3.8, 4) is 11.1 Å². The van der Waals surface area contributed by atoms with Crippen molar-refractivity contribution < 1.29 is 4.79 Å². The second-order valence-corrected chi connectivity index (χ2v) is 8.26. The van der Waals surface area contributed by atoms with Gasteiger partial charge in [-0.1, -0.05) is 36.9 Å². The lowest BCUT2D eigenvalue weighted by Crippen LogP contribution is -2.30. The number of carbonyl (C=O) groups is 1. The molecule has 3 aromatic heterocycles. The average molecular weight is 428 g/mol. The fourth-order valence-corrected chi connectivity index (χ4v) is 4.64. The highest BCUT2D eigenvalue weighted by Gasteiger charge is 2.21. The quantitative estimate of drug-likeness (QED) is 0.597. The molecule has 0 aromatic carbocycles. The van der Waals surface area contributed by atoms with Crippen molar-refractivity contribution in [2.24, 2.45) is 5.92 Å². The van der Waals surface area contributed by atoms with Gasteiger partial charge in [0.2, 0.25) is 5.91 Å². The van der Waals surface area contributed by atoms with E-state index in [9.17, 15) is 9.59 Å². The minimum absolute atomic E-state index is 0.0488. The highest BCUT2D eigenvalue weighted by molar-refractivity contribution is 6.34. The zero-order valence-corrected chi connectivity index (χ0v) is 17.6. The van der Waals surface area contributed by atoms with Crippen LogP contribution >= 0.6 is 11.6 Å². The SMILES string of the molecule is O=C(CCCn1c(Cl)c(-c2cccnc2)c2nc[nH]c(=O)c21)NCC1CCCCC1. The van der Waals surface area contributed by atoms with Crippen molar-refractivity contribution >= 4 is 28.5 Å². The normalized spacial score (nSPS) is 14.8. The second-order valence-electron chi connectivity index (χ2n) is 7.90. The number of nitrogens with zero attached hydrogens (tertiary/aromatic N) is 3. The van der Waals surface area contributed by atoms with E-state index >= 15 is 0 Å². The smallest absolute Gasteiger partial charge is 0.275 e. The molecule has 4 rings (SSSR count). The first-order valence-corrected chi connectivity index (χ1v) is 11.0. The van der Waals surface area contributed by atoms with E-state index < -0.39 is 0 Å². The number of nitrogens with one attached hydrogen (secondary N) is 2. The topological polar surface area (TPSA) is 92.7 Å². The number of aromatic nitrogens is 4. The van der Waals surface area contributed by atoms with E-state index in [4.69, 9.17) is 11.6 Å². The molecule has 1 fully saturated rings. The molecule has 158 valence electrons. The van der Waals surface area contributed by atoms with E-state index in [1.54, 1.807) is 17.0 Å². The molecule has 1 saturated carbocycles. The number of carbonyl (C=O) groups excluding carboxylic acids is 1. The summed E-state index contributed by atoms with van der Waals surface area (Å²) in [7, 11) is 0. The molecule has 30 heavy (non-hydrogen) atoms. The number of H-pyrrole nitrogens is 1. The van der Waals surface area contributed by atoms with Crippen LogP contribution in [0.4, 0.5) is 0 Å². The largest absolute Gasteiger partial charge is 0.356 e. The lowest BCUT2D eigenvalue weighted by atomic mass is 9.89. The van der Waals surface area contributed by atoms with Gasteiger partial charge in [0.05, 0.1) is 6.33 Å². The molecule has 1 aliphatic carbocycles. The van der Waals surface area contributed by atoms with E-state index in [2.05, 4.69) is 20.3 Å². The molecule has 0 bridgehead atoms. The van der Waals surface area contributed by atoms with Gasteiger partial charge < -0.3 is 14.9 Å². The van der Waals surface area contributed by atoms with E-state index in [-0.39, 0.29) is 11.5 Å². The maximum Gasteiger partial charge on any atom is 0.275 e. The van der Waals surface area contributed by atoms with Gasteiger partial charge in [-0.25, -0.2) is 4.98 Å².